The van der Waals surface area contributed by atoms with E-state index in [-0.39, 0.29) is 5.91 Å². The maximum absolute atomic E-state index is 11.2. The Hall–Kier alpha value is -1.48. The van der Waals surface area contributed by atoms with Crippen molar-refractivity contribution in [3.63, 3.8) is 0 Å². The van der Waals surface area contributed by atoms with Gasteiger partial charge < -0.3 is 10.3 Å². The topological polar surface area (TPSA) is 44.9 Å². The molecule has 90 valence electrons. The van der Waals surface area contributed by atoms with Gasteiger partial charge in [-0.25, -0.2) is 0 Å². The van der Waals surface area contributed by atoms with Crippen LogP contribution in [0.5, 0.6) is 0 Å². The first-order chi connectivity index (χ1) is 8.29. The molecule has 0 bridgehead atoms. The van der Waals surface area contributed by atoms with E-state index in [0.29, 0.717) is 18.8 Å². The molecule has 2 aromatic rings. The zero-order valence-corrected chi connectivity index (χ0v) is 10.3. The molecule has 4 heteroatoms. The van der Waals surface area contributed by atoms with Crippen molar-refractivity contribution < 1.29 is 4.79 Å². The number of aromatic amines is 1. The summed E-state index contributed by atoms with van der Waals surface area (Å²) in [7, 11) is 0. The summed E-state index contributed by atoms with van der Waals surface area (Å²) < 4.78 is 0. The van der Waals surface area contributed by atoms with E-state index in [1.165, 1.54) is 10.9 Å². The predicted octanol–water partition coefficient (Wildman–Crippen LogP) is 2.46. The molecule has 0 aliphatic carbocycles. The van der Waals surface area contributed by atoms with E-state index in [1.807, 2.05) is 12.3 Å². The number of amides is 1. The summed E-state index contributed by atoms with van der Waals surface area (Å²) >= 11 is 5.48. The molecule has 2 rings (SSSR count). The molecule has 1 aromatic carbocycles. The Morgan fingerprint density at radius 1 is 1.35 bits per heavy atom. The lowest BCUT2D eigenvalue weighted by atomic mass is 10.1. The number of benzene rings is 1. The number of hydrogen-bond donors (Lipinski definition) is 2. The molecule has 1 amide bonds. The number of aromatic nitrogens is 1. The lowest BCUT2D eigenvalue weighted by molar-refractivity contribution is -0.120. The van der Waals surface area contributed by atoms with Gasteiger partial charge in [-0.1, -0.05) is 12.1 Å². The van der Waals surface area contributed by atoms with Gasteiger partial charge in [-0.3, -0.25) is 4.79 Å². The van der Waals surface area contributed by atoms with Crippen LogP contribution in [0.2, 0.25) is 0 Å². The summed E-state index contributed by atoms with van der Waals surface area (Å²) in [5.41, 5.74) is 2.35. The van der Waals surface area contributed by atoms with Gasteiger partial charge in [0.2, 0.25) is 5.91 Å². The number of carbonyl (C=O) groups is 1. The van der Waals surface area contributed by atoms with Crippen molar-refractivity contribution in [3.05, 3.63) is 36.0 Å². The number of alkyl halides is 1. The zero-order chi connectivity index (χ0) is 12.1. The van der Waals surface area contributed by atoms with Gasteiger partial charge in [0, 0.05) is 30.6 Å². The highest BCUT2D eigenvalue weighted by Crippen LogP contribution is 2.14. The van der Waals surface area contributed by atoms with Crippen LogP contribution in [0.25, 0.3) is 10.9 Å². The molecule has 0 spiro atoms. The summed E-state index contributed by atoms with van der Waals surface area (Å²) in [6.45, 7) is 0.655. The molecule has 0 fully saturated rings. The molecule has 0 atom stereocenters. The molecule has 0 saturated carbocycles. The van der Waals surface area contributed by atoms with E-state index in [2.05, 4.69) is 28.5 Å². The highest BCUT2D eigenvalue weighted by molar-refractivity contribution is 6.18. The second kappa shape index (κ2) is 5.73. The van der Waals surface area contributed by atoms with Crippen molar-refractivity contribution in [3.8, 4) is 0 Å². The lowest BCUT2D eigenvalue weighted by Gasteiger charge is -2.04. The SMILES string of the molecule is O=C(CCCl)NCCc1ccc2cc[nH]c2c1. The van der Waals surface area contributed by atoms with Crippen LogP contribution in [0.4, 0.5) is 0 Å². The van der Waals surface area contributed by atoms with Gasteiger partial charge in [0.15, 0.2) is 0 Å². The fourth-order valence-electron chi connectivity index (χ4n) is 1.77. The van der Waals surface area contributed by atoms with Crippen LogP contribution >= 0.6 is 11.6 Å². The van der Waals surface area contributed by atoms with E-state index < -0.39 is 0 Å². The fraction of sp³-hybridized carbons (Fsp3) is 0.308. The van der Waals surface area contributed by atoms with Gasteiger partial charge in [-0.05, 0) is 29.5 Å². The van der Waals surface area contributed by atoms with Crippen LogP contribution in [0, 0.1) is 0 Å². The first-order valence-corrected chi connectivity index (χ1v) is 6.22. The molecule has 0 aliphatic rings. The van der Waals surface area contributed by atoms with Crippen molar-refractivity contribution in [1.29, 1.82) is 0 Å². The Morgan fingerprint density at radius 2 is 2.24 bits per heavy atom. The quantitative estimate of drug-likeness (QED) is 0.787. The summed E-state index contributed by atoms with van der Waals surface area (Å²) in [5.74, 6) is 0.390. The Labute approximate surface area is 105 Å². The lowest BCUT2D eigenvalue weighted by Crippen LogP contribution is -2.25. The van der Waals surface area contributed by atoms with Crippen LogP contribution < -0.4 is 5.32 Å². The Bertz CT molecular complexity index is 507. The Kier molecular flexibility index (Phi) is 4.04. The Balaban J connectivity index is 1.88. The molecular weight excluding hydrogens is 236 g/mol. The number of H-pyrrole nitrogens is 1. The van der Waals surface area contributed by atoms with Gasteiger partial charge in [0.05, 0.1) is 0 Å². The number of fused-ring (bicyclic) bond motifs is 1. The smallest absolute Gasteiger partial charge is 0.221 e. The number of carbonyl (C=O) groups excluding carboxylic acids is 1. The molecule has 0 aliphatic heterocycles. The van der Waals surface area contributed by atoms with Gasteiger partial charge in [0.1, 0.15) is 0 Å². The Morgan fingerprint density at radius 3 is 3.06 bits per heavy atom. The largest absolute Gasteiger partial charge is 0.361 e. The average Bonchev–Trinajstić information content (AvgIpc) is 2.76. The normalized spacial score (nSPS) is 10.6. The van der Waals surface area contributed by atoms with E-state index in [9.17, 15) is 4.79 Å². The molecule has 0 unspecified atom stereocenters. The second-order valence-corrected chi connectivity index (χ2v) is 4.32. The number of nitrogens with one attached hydrogen (secondary N) is 2. The van der Waals surface area contributed by atoms with Crippen LogP contribution in [0.15, 0.2) is 30.5 Å². The molecule has 1 heterocycles. The third-order valence-electron chi connectivity index (χ3n) is 2.68. The molecule has 1 aromatic heterocycles. The summed E-state index contributed by atoms with van der Waals surface area (Å²) in [5, 5.41) is 4.05. The van der Waals surface area contributed by atoms with Gasteiger partial charge in [0.25, 0.3) is 0 Å². The second-order valence-electron chi connectivity index (χ2n) is 3.94. The van der Waals surface area contributed by atoms with Crippen molar-refractivity contribution in [2.45, 2.75) is 12.8 Å². The van der Waals surface area contributed by atoms with Gasteiger partial charge in [-0.2, -0.15) is 0 Å². The van der Waals surface area contributed by atoms with E-state index in [4.69, 9.17) is 11.6 Å². The van der Waals surface area contributed by atoms with Gasteiger partial charge in [-0.15, -0.1) is 11.6 Å². The highest BCUT2D eigenvalue weighted by atomic mass is 35.5. The zero-order valence-electron chi connectivity index (χ0n) is 9.50. The van der Waals surface area contributed by atoms with Crippen LogP contribution in [-0.4, -0.2) is 23.3 Å². The molecular formula is C13H15ClN2O. The molecule has 2 N–H and O–H groups in total. The van der Waals surface area contributed by atoms with E-state index in [1.54, 1.807) is 0 Å². The molecule has 0 radical (unpaired) electrons. The molecule has 0 saturated heterocycles. The standard InChI is InChI=1S/C13H15ClN2O/c14-6-3-13(17)16-7-4-10-1-2-11-5-8-15-12(11)9-10/h1-2,5,8-9,15H,3-4,6-7H2,(H,16,17). The van der Waals surface area contributed by atoms with Crippen molar-refractivity contribution in [2.24, 2.45) is 0 Å². The number of hydrogen-bond acceptors (Lipinski definition) is 1. The average molecular weight is 251 g/mol. The van der Waals surface area contributed by atoms with E-state index >= 15 is 0 Å². The first-order valence-electron chi connectivity index (χ1n) is 5.68. The summed E-state index contributed by atoms with van der Waals surface area (Å²) in [6, 6.07) is 8.33. The minimum atomic E-state index is 0.0148. The fourth-order valence-corrected chi connectivity index (χ4v) is 1.94. The third-order valence-corrected chi connectivity index (χ3v) is 2.87. The highest BCUT2D eigenvalue weighted by Gasteiger charge is 2.00. The minimum absolute atomic E-state index is 0.0148. The van der Waals surface area contributed by atoms with Crippen LogP contribution in [0.3, 0.4) is 0 Å². The predicted molar refractivity (Wildman–Crippen MR) is 70.3 cm³/mol. The van der Waals surface area contributed by atoms with E-state index in [0.717, 1.165) is 11.9 Å². The number of halogens is 1. The first kappa shape index (κ1) is 12.0. The number of rotatable bonds is 5. The molecule has 3 nitrogen and oxygen atoms in total. The van der Waals surface area contributed by atoms with Crippen molar-refractivity contribution >= 4 is 28.4 Å². The molecule has 17 heavy (non-hydrogen) atoms. The minimum Gasteiger partial charge on any atom is -0.361 e. The summed E-state index contributed by atoms with van der Waals surface area (Å²) in [4.78, 5) is 14.4. The monoisotopic (exact) mass is 250 g/mol. The third kappa shape index (κ3) is 3.24. The maximum atomic E-state index is 11.2. The van der Waals surface area contributed by atoms with Crippen LogP contribution in [-0.2, 0) is 11.2 Å². The summed E-state index contributed by atoms with van der Waals surface area (Å²) in [6.07, 6.45) is 3.15. The van der Waals surface area contributed by atoms with Crippen molar-refractivity contribution in [2.75, 3.05) is 12.4 Å². The van der Waals surface area contributed by atoms with Crippen molar-refractivity contribution in [1.82, 2.24) is 10.3 Å². The van der Waals surface area contributed by atoms with Crippen LogP contribution in [0.1, 0.15) is 12.0 Å². The van der Waals surface area contributed by atoms with Gasteiger partial charge >= 0.3 is 0 Å². The maximum Gasteiger partial charge on any atom is 0.221 e.